The Labute approximate surface area is 215 Å². The van der Waals surface area contributed by atoms with E-state index in [4.69, 9.17) is 9.97 Å². The van der Waals surface area contributed by atoms with Crippen LogP contribution < -0.4 is 10.6 Å². The largest absolute Gasteiger partial charge is 0.390 e. The van der Waals surface area contributed by atoms with Crippen molar-refractivity contribution in [3.8, 4) is 11.3 Å². The molecule has 0 spiro atoms. The van der Waals surface area contributed by atoms with E-state index in [1.165, 1.54) is 0 Å². The first-order valence-electron chi connectivity index (χ1n) is 12.4. The van der Waals surface area contributed by atoms with Gasteiger partial charge in [-0.3, -0.25) is 4.98 Å². The van der Waals surface area contributed by atoms with E-state index in [9.17, 15) is 15.3 Å². The zero-order chi connectivity index (χ0) is 26.3. The highest BCUT2D eigenvalue weighted by atomic mass is 16.3. The Bertz CT molecular complexity index is 1420. The van der Waals surface area contributed by atoms with Gasteiger partial charge in [-0.15, -0.1) is 0 Å². The highest BCUT2D eigenvalue weighted by Gasteiger charge is 2.47. The Morgan fingerprint density at radius 1 is 0.919 bits per heavy atom. The number of pyridine rings is 2. The molecule has 1 fully saturated rings. The molecule has 0 unspecified atom stereocenters. The standard InChI is InChI=1S/C28H32N6O3/c1-15-11-18(12-16(2)30-15)31-27-29-14-19(22-10-9-17-7-5-6-8-21(17)32-22)26(34-27)33-23-13-20(28(3,4)37)24(35)25(23)36/h5-12,14,20,23-25,35-37H,13H2,1-4H3,(H2,29,30,31,33,34)/t20-,23+,24+,25-/m0/s1. The minimum absolute atomic E-state index is 0.365. The Morgan fingerprint density at radius 3 is 2.35 bits per heavy atom. The van der Waals surface area contributed by atoms with Gasteiger partial charge in [-0.05, 0) is 58.4 Å². The van der Waals surface area contributed by atoms with Gasteiger partial charge in [-0.1, -0.05) is 24.3 Å². The molecule has 4 aromatic rings. The van der Waals surface area contributed by atoms with Gasteiger partial charge in [0.1, 0.15) is 11.9 Å². The summed E-state index contributed by atoms with van der Waals surface area (Å²) in [5, 5.41) is 39.6. The van der Waals surface area contributed by atoms with Gasteiger partial charge in [0.25, 0.3) is 0 Å². The number of hydrogen-bond donors (Lipinski definition) is 5. The molecule has 1 aliphatic carbocycles. The van der Waals surface area contributed by atoms with Gasteiger partial charge in [0.05, 0.1) is 34.5 Å². The van der Waals surface area contributed by atoms with Crippen LogP contribution in [0.25, 0.3) is 22.2 Å². The van der Waals surface area contributed by atoms with Crippen molar-refractivity contribution in [3.05, 3.63) is 66.1 Å². The van der Waals surface area contributed by atoms with Crippen molar-refractivity contribution >= 4 is 28.4 Å². The summed E-state index contributed by atoms with van der Waals surface area (Å²) in [5.74, 6) is 0.337. The molecule has 0 radical (unpaired) electrons. The fourth-order valence-electron chi connectivity index (χ4n) is 5.05. The summed E-state index contributed by atoms with van der Waals surface area (Å²) in [6.07, 6.45) is -0.0834. The van der Waals surface area contributed by atoms with Gasteiger partial charge < -0.3 is 26.0 Å². The Balaban J connectivity index is 1.53. The molecule has 0 bridgehead atoms. The van der Waals surface area contributed by atoms with E-state index in [-0.39, 0.29) is 0 Å². The summed E-state index contributed by atoms with van der Waals surface area (Å²) in [7, 11) is 0. The molecule has 1 aromatic carbocycles. The zero-order valence-electron chi connectivity index (χ0n) is 21.3. The first kappa shape index (κ1) is 25.0. The van der Waals surface area contributed by atoms with Gasteiger partial charge in [0.15, 0.2) is 0 Å². The molecule has 5 N–H and O–H groups in total. The summed E-state index contributed by atoms with van der Waals surface area (Å²) < 4.78 is 0. The average molecular weight is 501 g/mol. The summed E-state index contributed by atoms with van der Waals surface area (Å²) in [4.78, 5) is 18.5. The lowest BCUT2D eigenvalue weighted by Gasteiger charge is -2.28. The second-order valence-electron chi connectivity index (χ2n) is 10.3. The number of anilines is 3. The van der Waals surface area contributed by atoms with Crippen molar-refractivity contribution in [1.29, 1.82) is 0 Å². The molecule has 9 nitrogen and oxygen atoms in total. The molecular formula is C28H32N6O3. The molecule has 1 saturated carbocycles. The average Bonchev–Trinajstić information content (AvgIpc) is 3.12. The maximum atomic E-state index is 10.8. The van der Waals surface area contributed by atoms with Crippen molar-refractivity contribution in [2.45, 2.75) is 58.0 Å². The summed E-state index contributed by atoms with van der Waals surface area (Å²) in [6, 6.07) is 15.0. The molecule has 0 amide bonds. The van der Waals surface area contributed by atoms with Crippen molar-refractivity contribution < 1.29 is 15.3 Å². The molecule has 0 saturated heterocycles. The van der Waals surface area contributed by atoms with E-state index in [1.807, 2.05) is 62.4 Å². The predicted molar refractivity (Wildman–Crippen MR) is 144 cm³/mol. The van der Waals surface area contributed by atoms with Crippen molar-refractivity contribution in [2.75, 3.05) is 10.6 Å². The van der Waals surface area contributed by atoms with Gasteiger partial charge in [0.2, 0.25) is 5.95 Å². The number of aryl methyl sites for hydroxylation is 2. The summed E-state index contributed by atoms with van der Waals surface area (Å²) in [5.41, 5.74) is 3.59. The first-order valence-corrected chi connectivity index (χ1v) is 12.4. The van der Waals surface area contributed by atoms with E-state index in [2.05, 4.69) is 20.6 Å². The Kier molecular flexibility index (Phi) is 6.53. The topological polar surface area (TPSA) is 136 Å². The molecule has 3 aromatic heterocycles. The highest BCUT2D eigenvalue weighted by molar-refractivity contribution is 5.83. The van der Waals surface area contributed by atoms with Crippen LogP contribution >= 0.6 is 0 Å². The number of benzene rings is 1. The number of aliphatic hydroxyl groups is 3. The molecule has 0 aliphatic heterocycles. The minimum atomic E-state index is -1.14. The highest BCUT2D eigenvalue weighted by Crippen LogP contribution is 2.37. The second-order valence-corrected chi connectivity index (χ2v) is 10.3. The Hall–Kier alpha value is -3.66. The monoisotopic (exact) mass is 500 g/mol. The van der Waals surface area contributed by atoms with E-state index in [1.54, 1.807) is 20.0 Å². The molecule has 1 aliphatic rings. The third-order valence-electron chi connectivity index (χ3n) is 6.91. The van der Waals surface area contributed by atoms with Gasteiger partial charge in [0, 0.05) is 34.6 Å². The molecule has 192 valence electrons. The molecule has 5 rings (SSSR count). The van der Waals surface area contributed by atoms with Crippen LogP contribution in [-0.2, 0) is 0 Å². The lowest BCUT2D eigenvalue weighted by molar-refractivity contribution is -0.0601. The van der Waals surface area contributed by atoms with Crippen LogP contribution in [0.1, 0.15) is 31.7 Å². The number of aromatic nitrogens is 4. The predicted octanol–water partition coefficient (Wildman–Crippen LogP) is 3.74. The maximum absolute atomic E-state index is 10.8. The van der Waals surface area contributed by atoms with Crippen LogP contribution in [0.5, 0.6) is 0 Å². The zero-order valence-corrected chi connectivity index (χ0v) is 21.3. The number of aliphatic hydroxyl groups excluding tert-OH is 2. The molecule has 9 heteroatoms. The van der Waals surface area contributed by atoms with Crippen LogP contribution in [0.4, 0.5) is 17.5 Å². The lowest BCUT2D eigenvalue weighted by atomic mass is 9.88. The lowest BCUT2D eigenvalue weighted by Crippen LogP contribution is -2.40. The summed E-state index contributed by atoms with van der Waals surface area (Å²) in [6.45, 7) is 7.14. The van der Waals surface area contributed by atoms with Crippen LogP contribution in [0, 0.1) is 19.8 Å². The number of nitrogens with one attached hydrogen (secondary N) is 2. The van der Waals surface area contributed by atoms with Crippen molar-refractivity contribution in [3.63, 3.8) is 0 Å². The fraction of sp³-hybridized carbons (Fsp3) is 0.357. The number of nitrogens with zero attached hydrogens (tertiary/aromatic N) is 4. The van der Waals surface area contributed by atoms with Crippen LogP contribution in [0.15, 0.2) is 54.7 Å². The van der Waals surface area contributed by atoms with E-state index in [0.717, 1.165) is 28.0 Å². The number of rotatable bonds is 6. The fourth-order valence-corrected chi connectivity index (χ4v) is 5.05. The van der Waals surface area contributed by atoms with Gasteiger partial charge in [-0.2, -0.15) is 4.98 Å². The summed E-state index contributed by atoms with van der Waals surface area (Å²) >= 11 is 0. The quantitative estimate of drug-likeness (QED) is 0.268. The van der Waals surface area contributed by atoms with E-state index in [0.29, 0.717) is 29.4 Å². The molecule has 37 heavy (non-hydrogen) atoms. The molecular weight excluding hydrogens is 468 g/mol. The Morgan fingerprint density at radius 2 is 1.65 bits per heavy atom. The normalized spacial score (nSPS) is 21.8. The maximum Gasteiger partial charge on any atom is 0.229 e. The third kappa shape index (κ3) is 5.24. The van der Waals surface area contributed by atoms with Crippen LogP contribution in [0.3, 0.4) is 0 Å². The SMILES string of the molecule is Cc1cc(Nc2ncc(-c3ccc4ccccc4n3)c(N[C@@H]3C[C@H](C(C)(C)O)[C@@H](O)[C@H]3O)n2)cc(C)n1. The van der Waals surface area contributed by atoms with E-state index >= 15 is 0 Å². The molecule has 3 heterocycles. The number of fused-ring (bicyclic) bond motifs is 1. The van der Waals surface area contributed by atoms with Crippen LogP contribution in [-0.4, -0.2) is 59.1 Å². The smallest absolute Gasteiger partial charge is 0.229 e. The number of hydrogen-bond acceptors (Lipinski definition) is 9. The van der Waals surface area contributed by atoms with Gasteiger partial charge >= 0.3 is 0 Å². The van der Waals surface area contributed by atoms with Gasteiger partial charge in [-0.25, -0.2) is 9.97 Å². The second kappa shape index (κ2) is 9.66. The third-order valence-corrected chi connectivity index (χ3v) is 6.91. The van der Waals surface area contributed by atoms with Crippen LogP contribution in [0.2, 0.25) is 0 Å². The van der Waals surface area contributed by atoms with Crippen molar-refractivity contribution in [1.82, 2.24) is 19.9 Å². The minimum Gasteiger partial charge on any atom is -0.390 e. The van der Waals surface area contributed by atoms with E-state index < -0.39 is 29.8 Å². The molecule has 4 atom stereocenters. The first-order chi connectivity index (χ1) is 17.6. The van der Waals surface area contributed by atoms with Crippen molar-refractivity contribution in [2.24, 2.45) is 5.92 Å². The number of para-hydroxylation sites is 1.